The number of likely N-dealkylation sites (tertiary alicyclic amines) is 1. The number of benzene rings is 2. The van der Waals surface area contributed by atoms with Gasteiger partial charge in [0.25, 0.3) is 5.91 Å². The lowest BCUT2D eigenvalue weighted by atomic mass is 9.96. The van der Waals surface area contributed by atoms with Gasteiger partial charge in [-0.2, -0.15) is 0 Å². The van der Waals surface area contributed by atoms with Crippen LogP contribution in [0.3, 0.4) is 0 Å². The number of carbonyl (C=O) groups excluding carboxylic acids is 2. The van der Waals surface area contributed by atoms with E-state index in [1.807, 2.05) is 6.92 Å². The molecule has 2 amide bonds. The summed E-state index contributed by atoms with van der Waals surface area (Å²) < 4.78 is 31.9. The Kier molecular flexibility index (Phi) is 6.23. The lowest BCUT2D eigenvalue weighted by Gasteiger charge is -2.32. The fourth-order valence-corrected chi connectivity index (χ4v) is 3.23. The van der Waals surface area contributed by atoms with Crippen molar-refractivity contribution >= 4 is 17.5 Å². The molecule has 0 aliphatic carbocycles. The highest BCUT2D eigenvalue weighted by Crippen LogP contribution is 2.22. The Balaban J connectivity index is 1.62. The van der Waals surface area contributed by atoms with E-state index in [1.165, 1.54) is 11.0 Å². The normalized spacial score (nSPS) is 16.5. The molecule has 1 atom stereocenters. The number of nitrogens with one attached hydrogen (secondary N) is 1. The molecule has 0 aromatic heterocycles. The van der Waals surface area contributed by atoms with Crippen LogP contribution < -0.4 is 10.1 Å². The molecule has 1 fully saturated rings. The molecule has 0 bridgehead atoms. The first kappa shape index (κ1) is 19.8. The van der Waals surface area contributed by atoms with Gasteiger partial charge in [-0.15, -0.1) is 0 Å². The average Bonchev–Trinajstić information content (AvgIpc) is 2.71. The molecule has 5 nitrogen and oxygen atoms in total. The van der Waals surface area contributed by atoms with Crippen molar-refractivity contribution in [1.82, 2.24) is 4.90 Å². The van der Waals surface area contributed by atoms with Gasteiger partial charge in [-0.25, -0.2) is 8.78 Å². The highest BCUT2D eigenvalue weighted by atomic mass is 19.2. The third-order valence-electron chi connectivity index (χ3n) is 4.68. The largest absolute Gasteiger partial charge is 0.494 e. The van der Waals surface area contributed by atoms with E-state index in [0.29, 0.717) is 31.7 Å². The molecular formula is C21H22F2N2O3. The summed E-state index contributed by atoms with van der Waals surface area (Å²) in [5.41, 5.74) is 0.726. The van der Waals surface area contributed by atoms with Crippen molar-refractivity contribution < 1.29 is 23.1 Å². The number of carbonyl (C=O) groups is 2. The number of piperidine rings is 1. The van der Waals surface area contributed by atoms with Crippen molar-refractivity contribution in [2.24, 2.45) is 5.92 Å². The van der Waals surface area contributed by atoms with Crippen LogP contribution in [0.5, 0.6) is 5.75 Å². The van der Waals surface area contributed by atoms with E-state index in [4.69, 9.17) is 4.74 Å². The van der Waals surface area contributed by atoms with Gasteiger partial charge in [0.1, 0.15) is 5.75 Å². The maximum absolute atomic E-state index is 13.4. The number of halogens is 2. The van der Waals surface area contributed by atoms with Gasteiger partial charge in [0.2, 0.25) is 5.91 Å². The third kappa shape index (κ3) is 4.65. The summed E-state index contributed by atoms with van der Waals surface area (Å²) in [6.07, 6.45) is 1.32. The van der Waals surface area contributed by atoms with E-state index >= 15 is 0 Å². The molecule has 148 valence electrons. The number of nitrogens with zero attached hydrogens (tertiary/aromatic N) is 1. The van der Waals surface area contributed by atoms with Crippen LogP contribution in [0.4, 0.5) is 14.5 Å². The molecule has 0 spiro atoms. The Bertz CT molecular complexity index is 855. The second-order valence-electron chi connectivity index (χ2n) is 6.67. The van der Waals surface area contributed by atoms with Crippen molar-refractivity contribution in [2.45, 2.75) is 19.8 Å². The van der Waals surface area contributed by atoms with E-state index < -0.39 is 17.5 Å². The van der Waals surface area contributed by atoms with E-state index in [0.717, 1.165) is 17.9 Å². The molecule has 2 aromatic carbocycles. The van der Waals surface area contributed by atoms with Crippen molar-refractivity contribution in [1.29, 1.82) is 0 Å². The molecule has 1 N–H and O–H groups in total. The Labute approximate surface area is 162 Å². The Morgan fingerprint density at radius 1 is 1.14 bits per heavy atom. The van der Waals surface area contributed by atoms with Crippen molar-refractivity contribution in [3.8, 4) is 5.75 Å². The van der Waals surface area contributed by atoms with Crippen LogP contribution in [0, 0.1) is 17.6 Å². The van der Waals surface area contributed by atoms with Crippen LogP contribution in [-0.4, -0.2) is 36.4 Å². The first-order valence-corrected chi connectivity index (χ1v) is 9.26. The molecular weight excluding hydrogens is 366 g/mol. The second-order valence-corrected chi connectivity index (χ2v) is 6.67. The molecule has 28 heavy (non-hydrogen) atoms. The van der Waals surface area contributed by atoms with Crippen LogP contribution in [0.2, 0.25) is 0 Å². The van der Waals surface area contributed by atoms with Gasteiger partial charge >= 0.3 is 0 Å². The van der Waals surface area contributed by atoms with Gasteiger partial charge < -0.3 is 15.0 Å². The van der Waals surface area contributed by atoms with Gasteiger partial charge in [-0.05, 0) is 62.2 Å². The summed E-state index contributed by atoms with van der Waals surface area (Å²) in [6, 6.07) is 10.2. The molecule has 1 aliphatic heterocycles. The maximum atomic E-state index is 13.4. The fraction of sp³-hybridized carbons (Fsp3) is 0.333. The second kappa shape index (κ2) is 8.82. The van der Waals surface area contributed by atoms with Crippen molar-refractivity contribution in [3.05, 3.63) is 59.7 Å². The van der Waals surface area contributed by atoms with E-state index in [9.17, 15) is 18.4 Å². The molecule has 1 saturated heterocycles. The predicted molar refractivity (Wildman–Crippen MR) is 101 cm³/mol. The standard InChI is InChI=1S/C21H22F2N2O3/c1-2-28-17-8-6-16(7-9-17)24-20(26)15-4-3-11-25(13-15)21(27)14-5-10-18(22)19(23)12-14/h5-10,12,15H,2-4,11,13H2,1H3,(H,24,26)/t15-/m0/s1. The molecule has 3 rings (SSSR count). The molecule has 7 heteroatoms. The van der Waals surface area contributed by atoms with Gasteiger partial charge in [-0.1, -0.05) is 0 Å². The predicted octanol–water partition coefficient (Wildman–Crippen LogP) is 3.85. The Morgan fingerprint density at radius 3 is 2.57 bits per heavy atom. The zero-order chi connectivity index (χ0) is 20.1. The number of hydrogen-bond donors (Lipinski definition) is 1. The minimum atomic E-state index is -1.06. The summed E-state index contributed by atoms with van der Waals surface area (Å²) in [6.45, 7) is 3.17. The smallest absolute Gasteiger partial charge is 0.253 e. The molecule has 0 radical (unpaired) electrons. The lowest BCUT2D eigenvalue weighted by Crippen LogP contribution is -2.43. The molecule has 1 heterocycles. The number of ether oxygens (including phenoxy) is 1. The number of hydrogen-bond acceptors (Lipinski definition) is 3. The first-order chi connectivity index (χ1) is 13.5. The van der Waals surface area contributed by atoms with E-state index in [1.54, 1.807) is 24.3 Å². The third-order valence-corrected chi connectivity index (χ3v) is 4.68. The zero-order valence-corrected chi connectivity index (χ0v) is 15.6. The minimum absolute atomic E-state index is 0.0754. The fourth-order valence-electron chi connectivity index (χ4n) is 3.23. The number of rotatable bonds is 5. The Hall–Kier alpha value is -2.96. The minimum Gasteiger partial charge on any atom is -0.494 e. The van der Waals surface area contributed by atoms with Crippen molar-refractivity contribution in [3.63, 3.8) is 0 Å². The highest BCUT2D eigenvalue weighted by molar-refractivity contribution is 5.96. The van der Waals surface area contributed by atoms with Crippen LogP contribution in [0.1, 0.15) is 30.1 Å². The summed E-state index contributed by atoms with van der Waals surface area (Å²) in [7, 11) is 0. The van der Waals surface area contributed by atoms with Crippen LogP contribution in [0.15, 0.2) is 42.5 Å². The summed E-state index contributed by atoms with van der Waals surface area (Å²) >= 11 is 0. The van der Waals surface area contributed by atoms with Gasteiger partial charge in [0, 0.05) is 24.3 Å². The van der Waals surface area contributed by atoms with Gasteiger partial charge in [-0.3, -0.25) is 9.59 Å². The maximum Gasteiger partial charge on any atom is 0.253 e. The average molecular weight is 388 g/mol. The summed E-state index contributed by atoms with van der Waals surface area (Å²) in [5, 5.41) is 2.85. The van der Waals surface area contributed by atoms with Gasteiger partial charge in [0.05, 0.1) is 12.5 Å². The van der Waals surface area contributed by atoms with Crippen LogP contribution >= 0.6 is 0 Å². The zero-order valence-electron chi connectivity index (χ0n) is 15.6. The quantitative estimate of drug-likeness (QED) is 0.846. The first-order valence-electron chi connectivity index (χ1n) is 9.26. The molecule has 2 aromatic rings. The monoisotopic (exact) mass is 388 g/mol. The summed E-state index contributed by atoms with van der Waals surface area (Å²) in [5.74, 6) is -2.28. The van der Waals surface area contributed by atoms with Gasteiger partial charge in [0.15, 0.2) is 11.6 Å². The van der Waals surface area contributed by atoms with E-state index in [-0.39, 0.29) is 23.9 Å². The molecule has 1 aliphatic rings. The molecule has 0 saturated carbocycles. The molecule has 0 unspecified atom stereocenters. The topological polar surface area (TPSA) is 58.6 Å². The van der Waals surface area contributed by atoms with Crippen molar-refractivity contribution in [2.75, 3.05) is 25.0 Å². The summed E-state index contributed by atoms with van der Waals surface area (Å²) in [4.78, 5) is 26.7. The Morgan fingerprint density at radius 2 is 1.89 bits per heavy atom. The number of anilines is 1. The van der Waals surface area contributed by atoms with E-state index in [2.05, 4.69) is 5.32 Å². The highest BCUT2D eigenvalue weighted by Gasteiger charge is 2.29. The number of amides is 2. The van der Waals surface area contributed by atoms with Crippen LogP contribution in [-0.2, 0) is 4.79 Å². The lowest BCUT2D eigenvalue weighted by molar-refractivity contribution is -0.121. The SMILES string of the molecule is CCOc1ccc(NC(=O)[C@H]2CCCN(C(=O)c3ccc(F)c(F)c3)C2)cc1. The van der Waals surface area contributed by atoms with Crippen LogP contribution in [0.25, 0.3) is 0 Å².